The van der Waals surface area contributed by atoms with Crippen LogP contribution in [0.25, 0.3) is 0 Å². The number of aromatic nitrogens is 1. The molecule has 1 heterocycles. The van der Waals surface area contributed by atoms with Gasteiger partial charge in [-0.05, 0) is 42.7 Å². The van der Waals surface area contributed by atoms with Gasteiger partial charge in [0, 0.05) is 16.8 Å². The van der Waals surface area contributed by atoms with Gasteiger partial charge in [0.05, 0.1) is 4.90 Å². The summed E-state index contributed by atoms with van der Waals surface area (Å²) in [4.78, 5) is 4.90. The number of nitrogens with zero attached hydrogens (tertiary/aromatic N) is 1. The Morgan fingerprint density at radius 1 is 1.21 bits per heavy atom. The molecule has 0 saturated carbocycles. The summed E-state index contributed by atoms with van der Waals surface area (Å²) in [5, 5.41) is 0.139. The minimum atomic E-state index is -3.64. The third-order valence-corrected chi connectivity index (χ3v) is 4.68. The van der Waals surface area contributed by atoms with Crippen LogP contribution in [0.1, 0.15) is 0 Å². The highest BCUT2D eigenvalue weighted by Crippen LogP contribution is 2.21. The lowest BCUT2D eigenvalue weighted by molar-refractivity contribution is 0.601. The summed E-state index contributed by atoms with van der Waals surface area (Å²) in [6, 6.07) is 9.83. The minimum absolute atomic E-state index is 0.0847. The van der Waals surface area contributed by atoms with Crippen LogP contribution in [0.2, 0.25) is 5.15 Å². The van der Waals surface area contributed by atoms with Gasteiger partial charge in [-0.3, -0.25) is 4.72 Å². The Balaban J connectivity index is 2.25. The van der Waals surface area contributed by atoms with Crippen molar-refractivity contribution in [2.24, 2.45) is 0 Å². The van der Waals surface area contributed by atoms with Crippen LogP contribution in [0.15, 0.2) is 52.4 Å². The minimum Gasteiger partial charge on any atom is -0.280 e. The maximum absolute atomic E-state index is 12.1. The molecule has 0 amide bonds. The van der Waals surface area contributed by atoms with E-state index in [0.29, 0.717) is 5.69 Å². The molecule has 0 unspecified atom stereocenters. The van der Waals surface area contributed by atoms with Gasteiger partial charge in [0.2, 0.25) is 0 Å². The quantitative estimate of drug-likeness (QED) is 0.695. The number of hydrogen-bond acceptors (Lipinski definition) is 4. The monoisotopic (exact) mass is 314 g/mol. The Bertz CT molecular complexity index is 672. The first-order valence-electron chi connectivity index (χ1n) is 5.30. The molecule has 1 N–H and O–H groups in total. The fourth-order valence-corrected chi connectivity index (χ4v) is 3.14. The fourth-order valence-electron chi connectivity index (χ4n) is 1.42. The fraction of sp³-hybridized carbons (Fsp3) is 0.0833. The molecule has 0 fully saturated rings. The van der Waals surface area contributed by atoms with Crippen LogP contribution in [-0.4, -0.2) is 19.7 Å². The third-order valence-electron chi connectivity index (χ3n) is 2.35. The second-order valence-corrected chi connectivity index (χ2v) is 6.60. The molecular weight excluding hydrogens is 304 g/mol. The van der Waals surface area contributed by atoms with Crippen LogP contribution in [0.3, 0.4) is 0 Å². The molecule has 0 radical (unpaired) electrons. The second-order valence-electron chi connectivity index (χ2n) is 3.65. The number of nitrogens with one attached hydrogen (secondary N) is 1. The molecule has 0 atom stereocenters. The van der Waals surface area contributed by atoms with Crippen LogP contribution in [0, 0.1) is 0 Å². The van der Waals surface area contributed by atoms with E-state index in [1.807, 2.05) is 18.4 Å². The molecule has 7 heteroatoms. The van der Waals surface area contributed by atoms with Gasteiger partial charge in [-0.15, -0.1) is 11.8 Å². The average molecular weight is 315 g/mol. The smallest absolute Gasteiger partial charge is 0.262 e. The van der Waals surface area contributed by atoms with Crippen molar-refractivity contribution in [1.29, 1.82) is 0 Å². The van der Waals surface area contributed by atoms with Crippen LogP contribution >= 0.6 is 23.4 Å². The van der Waals surface area contributed by atoms with E-state index in [1.54, 1.807) is 23.9 Å². The number of halogens is 1. The Morgan fingerprint density at radius 2 is 1.89 bits per heavy atom. The van der Waals surface area contributed by atoms with Crippen molar-refractivity contribution in [3.63, 3.8) is 0 Å². The van der Waals surface area contributed by atoms with Gasteiger partial charge >= 0.3 is 0 Å². The van der Waals surface area contributed by atoms with Crippen molar-refractivity contribution in [1.82, 2.24) is 4.98 Å². The molecule has 1 aromatic heterocycles. The van der Waals surface area contributed by atoms with E-state index in [4.69, 9.17) is 11.6 Å². The van der Waals surface area contributed by atoms with Crippen molar-refractivity contribution in [2.45, 2.75) is 9.79 Å². The molecule has 19 heavy (non-hydrogen) atoms. The standard InChI is InChI=1S/C12H11ClN2O2S2/c1-18-10-4-2-9(3-5-10)15-19(16,17)11-6-7-14-12(13)8-11/h2-8,15H,1H3. The molecule has 2 aromatic rings. The molecular formula is C12H11ClN2O2S2. The van der Waals surface area contributed by atoms with Crippen LogP contribution < -0.4 is 4.72 Å². The third kappa shape index (κ3) is 3.62. The molecule has 0 saturated heterocycles. The maximum Gasteiger partial charge on any atom is 0.262 e. The van der Waals surface area contributed by atoms with Crippen molar-refractivity contribution in [3.8, 4) is 0 Å². The molecule has 0 aliphatic heterocycles. The van der Waals surface area contributed by atoms with Gasteiger partial charge in [-0.25, -0.2) is 13.4 Å². The van der Waals surface area contributed by atoms with Crippen molar-refractivity contribution >= 4 is 39.1 Å². The van der Waals surface area contributed by atoms with E-state index in [2.05, 4.69) is 9.71 Å². The topological polar surface area (TPSA) is 59.1 Å². The predicted molar refractivity (Wildman–Crippen MR) is 78.3 cm³/mol. The van der Waals surface area contributed by atoms with E-state index in [-0.39, 0.29) is 10.0 Å². The largest absolute Gasteiger partial charge is 0.280 e. The molecule has 4 nitrogen and oxygen atoms in total. The number of rotatable bonds is 4. The molecule has 0 bridgehead atoms. The number of sulfonamides is 1. The zero-order chi connectivity index (χ0) is 13.9. The number of thioether (sulfide) groups is 1. The summed E-state index contributed by atoms with van der Waals surface area (Å²) < 4.78 is 26.7. The first-order chi connectivity index (χ1) is 9.01. The normalized spacial score (nSPS) is 11.3. The molecule has 100 valence electrons. The zero-order valence-corrected chi connectivity index (χ0v) is 12.4. The molecule has 2 rings (SSSR count). The first kappa shape index (κ1) is 14.2. The van der Waals surface area contributed by atoms with Gasteiger partial charge in [0.15, 0.2) is 0 Å². The van der Waals surface area contributed by atoms with Crippen LogP contribution in [0.5, 0.6) is 0 Å². The highest BCUT2D eigenvalue weighted by atomic mass is 35.5. The van der Waals surface area contributed by atoms with Crippen molar-refractivity contribution in [3.05, 3.63) is 47.7 Å². The first-order valence-corrected chi connectivity index (χ1v) is 8.38. The number of hydrogen-bond donors (Lipinski definition) is 1. The SMILES string of the molecule is CSc1ccc(NS(=O)(=O)c2ccnc(Cl)c2)cc1. The van der Waals surface area contributed by atoms with Crippen molar-refractivity contribution < 1.29 is 8.42 Å². The van der Waals surface area contributed by atoms with Crippen LogP contribution in [-0.2, 0) is 10.0 Å². The summed E-state index contributed by atoms with van der Waals surface area (Å²) in [5.74, 6) is 0. The van der Waals surface area contributed by atoms with E-state index in [0.717, 1.165) is 4.90 Å². The van der Waals surface area contributed by atoms with Gasteiger partial charge in [-0.2, -0.15) is 0 Å². The summed E-state index contributed by atoms with van der Waals surface area (Å²) in [7, 11) is -3.64. The summed E-state index contributed by atoms with van der Waals surface area (Å²) >= 11 is 7.28. The highest BCUT2D eigenvalue weighted by molar-refractivity contribution is 7.98. The Labute approximate surface area is 121 Å². The van der Waals surface area contributed by atoms with Gasteiger partial charge in [0.25, 0.3) is 10.0 Å². The zero-order valence-electron chi connectivity index (χ0n) is 10.00. The van der Waals surface area contributed by atoms with Gasteiger partial charge in [0.1, 0.15) is 5.15 Å². The average Bonchev–Trinajstić information content (AvgIpc) is 2.39. The molecule has 0 aliphatic carbocycles. The summed E-state index contributed by atoms with van der Waals surface area (Å²) in [5.41, 5.74) is 0.505. The van der Waals surface area contributed by atoms with E-state index in [1.165, 1.54) is 18.3 Å². The van der Waals surface area contributed by atoms with E-state index >= 15 is 0 Å². The number of benzene rings is 1. The van der Waals surface area contributed by atoms with E-state index < -0.39 is 10.0 Å². The van der Waals surface area contributed by atoms with Gasteiger partial charge < -0.3 is 0 Å². The Hall–Kier alpha value is -1.24. The summed E-state index contributed by atoms with van der Waals surface area (Å²) in [6.45, 7) is 0. The summed E-state index contributed by atoms with van der Waals surface area (Å²) in [6.07, 6.45) is 3.31. The Kier molecular flexibility index (Phi) is 4.34. The van der Waals surface area contributed by atoms with E-state index in [9.17, 15) is 8.42 Å². The number of pyridine rings is 1. The number of anilines is 1. The lowest BCUT2D eigenvalue weighted by atomic mass is 10.3. The highest BCUT2D eigenvalue weighted by Gasteiger charge is 2.14. The second kappa shape index (κ2) is 5.81. The maximum atomic E-state index is 12.1. The molecule has 0 aliphatic rings. The van der Waals surface area contributed by atoms with Crippen LogP contribution in [0.4, 0.5) is 5.69 Å². The van der Waals surface area contributed by atoms with Gasteiger partial charge in [-0.1, -0.05) is 11.6 Å². The lowest BCUT2D eigenvalue weighted by Gasteiger charge is -2.08. The molecule has 1 aromatic carbocycles. The molecule has 0 spiro atoms. The van der Waals surface area contributed by atoms with Crippen molar-refractivity contribution in [2.75, 3.05) is 11.0 Å². The lowest BCUT2D eigenvalue weighted by Crippen LogP contribution is -2.12. The predicted octanol–water partition coefficient (Wildman–Crippen LogP) is 3.26. The Morgan fingerprint density at radius 3 is 2.47 bits per heavy atom.